The first kappa shape index (κ1) is 46.2. The molecule has 0 radical (unpaired) electrons. The van der Waals surface area contributed by atoms with E-state index in [4.69, 9.17) is 0 Å². The molecule has 0 aliphatic heterocycles. The quantitative estimate of drug-likeness (QED) is 0.0700. The van der Waals surface area contributed by atoms with Gasteiger partial charge in [0.15, 0.2) is 34.7 Å². The molecule has 0 aliphatic rings. The van der Waals surface area contributed by atoms with Gasteiger partial charge in [-0.25, -0.2) is 0 Å². The molecule has 0 unspecified atom stereocenters. The van der Waals surface area contributed by atoms with Gasteiger partial charge in [-0.2, -0.15) is 0 Å². The zero-order valence-electron chi connectivity index (χ0n) is 28.7. The van der Waals surface area contributed by atoms with Crippen LogP contribution in [0.15, 0.2) is 182 Å². The van der Waals surface area contributed by atoms with Crippen LogP contribution in [0.25, 0.3) is 0 Å². The van der Waals surface area contributed by atoms with E-state index in [9.17, 15) is 28.8 Å². The van der Waals surface area contributed by atoms with Crippen LogP contribution in [0, 0.1) is 0 Å². The van der Waals surface area contributed by atoms with Crippen LogP contribution in [0.4, 0.5) is 0 Å². The molecule has 276 valence electrons. The summed E-state index contributed by atoms with van der Waals surface area (Å²) in [6.45, 7) is 0. The number of hydrogen-bond donors (Lipinski definition) is 0. The van der Waals surface area contributed by atoms with Gasteiger partial charge in [0, 0.05) is 33.4 Å². The summed E-state index contributed by atoms with van der Waals surface area (Å²) < 4.78 is 0. The van der Waals surface area contributed by atoms with E-state index in [1.165, 1.54) is 0 Å². The molecule has 0 amide bonds. The molecule has 0 saturated carbocycles. The van der Waals surface area contributed by atoms with Crippen LogP contribution in [-0.2, 0) is 0 Å². The summed E-state index contributed by atoms with van der Waals surface area (Å²) >= 11 is 0. The summed E-state index contributed by atoms with van der Waals surface area (Å²) in [6, 6.07) is 53.2. The van der Waals surface area contributed by atoms with E-state index < -0.39 is 0 Å². The molecule has 9 heteroatoms. The van der Waals surface area contributed by atoms with Crippen LogP contribution in [0.3, 0.4) is 0 Å². The number of rotatable bonds is 12. The molecule has 6 aromatic carbocycles. The van der Waals surface area contributed by atoms with Gasteiger partial charge in [-0.15, -0.1) is 24.8 Å². The third kappa shape index (κ3) is 15.4. The second kappa shape index (κ2) is 25.2. The SMILES string of the molecule is Cl.Cl.O=C(CC(=O)c1ccccc1)c1ccccc1.O=C(CC(=O)c1ccccc1)c1ccccc1.O=C(CC(=O)c1ccccc1)c1ccccc1.[SiH4]. The fraction of sp³-hybridized carbons (Fsp3) is 0.0667. The lowest BCUT2D eigenvalue weighted by molar-refractivity contribution is 0.0878. The molecule has 0 saturated heterocycles. The molecule has 6 aromatic rings. The molecule has 0 aromatic heterocycles. The van der Waals surface area contributed by atoms with Gasteiger partial charge >= 0.3 is 0 Å². The Morgan fingerprint density at radius 1 is 0.241 bits per heavy atom. The Morgan fingerprint density at radius 2 is 0.352 bits per heavy atom. The lowest BCUT2D eigenvalue weighted by atomic mass is 10.0. The molecule has 0 N–H and O–H groups in total. The standard InChI is InChI=1S/3C15H12O2.2ClH.H4Si/c3*16-14(12-7-3-1-4-8-12)11-15(17)13-9-5-2-6-10-13;;;/h3*1-10H,11H2;2*1H;1H4. The first-order valence-corrected chi connectivity index (χ1v) is 16.3. The molecule has 0 heterocycles. The zero-order valence-corrected chi connectivity index (χ0v) is 30.3. The van der Waals surface area contributed by atoms with E-state index in [2.05, 4.69) is 0 Å². The van der Waals surface area contributed by atoms with Gasteiger partial charge in [-0.3, -0.25) is 28.8 Å². The summed E-state index contributed by atoms with van der Waals surface area (Å²) in [5.41, 5.74) is 3.48. The van der Waals surface area contributed by atoms with Crippen molar-refractivity contribution in [3.05, 3.63) is 215 Å². The topological polar surface area (TPSA) is 102 Å². The van der Waals surface area contributed by atoms with Gasteiger partial charge in [0.1, 0.15) is 0 Å². The first-order chi connectivity index (χ1) is 24.8. The van der Waals surface area contributed by atoms with Crippen molar-refractivity contribution >= 4 is 70.5 Å². The Labute approximate surface area is 332 Å². The Bertz CT molecular complexity index is 1660. The summed E-state index contributed by atoms with van der Waals surface area (Å²) in [6.07, 6.45) is -0.226. The van der Waals surface area contributed by atoms with Crippen molar-refractivity contribution < 1.29 is 28.8 Å². The van der Waals surface area contributed by atoms with Crippen molar-refractivity contribution in [2.24, 2.45) is 0 Å². The van der Waals surface area contributed by atoms with Gasteiger partial charge in [0.2, 0.25) is 0 Å². The normalized spacial score (nSPS) is 9.33. The van der Waals surface area contributed by atoms with Gasteiger partial charge in [-0.1, -0.05) is 182 Å². The molecule has 6 rings (SSSR count). The minimum Gasteiger partial charge on any atom is -0.294 e. The zero-order chi connectivity index (χ0) is 36.3. The Hall–Kier alpha value is -5.86. The average molecular weight is 778 g/mol. The smallest absolute Gasteiger partial charge is 0.170 e. The summed E-state index contributed by atoms with van der Waals surface area (Å²) in [7, 11) is 0. The van der Waals surface area contributed by atoms with Crippen molar-refractivity contribution in [3.8, 4) is 0 Å². The summed E-state index contributed by atoms with van der Waals surface area (Å²) in [5, 5.41) is 0. The number of carbonyl (C=O) groups excluding carboxylic acids is 6. The van der Waals surface area contributed by atoms with Crippen molar-refractivity contribution in [1.82, 2.24) is 0 Å². The third-order valence-electron chi connectivity index (χ3n) is 7.54. The second-order valence-electron chi connectivity index (χ2n) is 11.3. The van der Waals surface area contributed by atoms with Crippen LogP contribution in [0.1, 0.15) is 81.4 Å². The Balaban J connectivity index is 0.000000394. The molecule has 0 fully saturated rings. The molecule has 0 aliphatic carbocycles. The number of carbonyl (C=O) groups is 6. The van der Waals surface area contributed by atoms with Crippen molar-refractivity contribution in [1.29, 1.82) is 0 Å². The fourth-order valence-corrected chi connectivity index (χ4v) is 4.79. The minimum absolute atomic E-state index is 0. The maximum Gasteiger partial charge on any atom is 0.170 e. The van der Waals surface area contributed by atoms with Crippen LogP contribution >= 0.6 is 24.8 Å². The summed E-state index contributed by atoms with van der Waals surface area (Å²) in [4.78, 5) is 70.8. The second-order valence-corrected chi connectivity index (χ2v) is 11.3. The van der Waals surface area contributed by atoms with Crippen LogP contribution in [0.5, 0.6) is 0 Å². The van der Waals surface area contributed by atoms with Gasteiger partial charge in [0.25, 0.3) is 0 Å². The lowest BCUT2D eigenvalue weighted by Crippen LogP contribution is -2.08. The molecule has 0 spiro atoms. The van der Waals surface area contributed by atoms with Gasteiger partial charge in [-0.05, 0) is 11.0 Å². The lowest BCUT2D eigenvalue weighted by Gasteiger charge is -2.00. The molecule has 0 atom stereocenters. The number of hydrogen-bond acceptors (Lipinski definition) is 6. The average Bonchev–Trinajstić information content (AvgIpc) is 3.20. The predicted octanol–water partition coefficient (Wildman–Crippen LogP) is 8.82. The Kier molecular flexibility index (Phi) is 21.5. The first-order valence-electron chi connectivity index (χ1n) is 16.3. The van der Waals surface area contributed by atoms with Gasteiger partial charge in [0.05, 0.1) is 19.3 Å². The minimum atomic E-state index is -0.139. The van der Waals surface area contributed by atoms with Crippen LogP contribution in [0.2, 0.25) is 0 Å². The monoisotopic (exact) mass is 776 g/mol. The van der Waals surface area contributed by atoms with Crippen molar-refractivity contribution in [3.63, 3.8) is 0 Å². The highest BCUT2D eigenvalue weighted by atomic mass is 35.5. The maximum atomic E-state index is 11.8. The molecular weight excluding hydrogens is 735 g/mol. The maximum absolute atomic E-state index is 11.8. The van der Waals surface area contributed by atoms with E-state index in [0.29, 0.717) is 33.4 Å². The third-order valence-corrected chi connectivity index (χ3v) is 7.54. The van der Waals surface area contributed by atoms with E-state index in [0.717, 1.165) is 0 Å². The number of benzene rings is 6. The van der Waals surface area contributed by atoms with E-state index >= 15 is 0 Å². The molecular formula is C45H42Cl2O6Si. The fourth-order valence-electron chi connectivity index (χ4n) is 4.79. The number of halogens is 2. The van der Waals surface area contributed by atoms with E-state index in [-0.39, 0.29) is 89.7 Å². The highest BCUT2D eigenvalue weighted by Gasteiger charge is 2.14. The van der Waals surface area contributed by atoms with E-state index in [1.807, 2.05) is 36.4 Å². The molecule has 0 bridgehead atoms. The number of ketones is 6. The van der Waals surface area contributed by atoms with E-state index in [1.54, 1.807) is 146 Å². The largest absolute Gasteiger partial charge is 0.294 e. The van der Waals surface area contributed by atoms with Crippen LogP contribution < -0.4 is 0 Å². The predicted molar refractivity (Wildman–Crippen MR) is 224 cm³/mol. The molecule has 54 heavy (non-hydrogen) atoms. The summed E-state index contributed by atoms with van der Waals surface area (Å²) in [5.74, 6) is -0.836. The highest BCUT2D eigenvalue weighted by Crippen LogP contribution is 2.11. The Morgan fingerprint density at radius 3 is 0.463 bits per heavy atom. The van der Waals surface area contributed by atoms with Gasteiger partial charge < -0.3 is 0 Å². The van der Waals surface area contributed by atoms with Crippen molar-refractivity contribution in [2.45, 2.75) is 19.3 Å². The highest BCUT2D eigenvalue weighted by molar-refractivity contribution is 6.15. The molecule has 6 nitrogen and oxygen atoms in total. The van der Waals surface area contributed by atoms with Crippen LogP contribution in [-0.4, -0.2) is 45.7 Å². The number of Topliss-reactive ketones (excluding diaryl/α,β-unsaturated/α-hetero) is 6. The van der Waals surface area contributed by atoms with Crippen molar-refractivity contribution in [2.75, 3.05) is 0 Å².